The Hall–Kier alpha value is -0.240. The van der Waals surface area contributed by atoms with Gasteiger partial charge in [-0.15, -0.1) is 0 Å². The quantitative estimate of drug-likeness (QED) is 0.348. The van der Waals surface area contributed by atoms with Gasteiger partial charge in [0.05, 0.1) is 46.2 Å². The Morgan fingerprint density at radius 1 is 0.882 bits per heavy atom. The molecule has 17 heavy (non-hydrogen) atoms. The topological polar surface area (TPSA) is 77.4 Å². The van der Waals surface area contributed by atoms with E-state index in [1.807, 2.05) is 6.92 Å². The third-order valence-corrected chi connectivity index (χ3v) is 1.75. The van der Waals surface area contributed by atoms with Gasteiger partial charge < -0.3 is 29.2 Å². The first-order chi connectivity index (χ1) is 8.31. The fourth-order valence-corrected chi connectivity index (χ4v) is 0.991. The highest BCUT2D eigenvalue weighted by molar-refractivity contribution is 4.39. The summed E-state index contributed by atoms with van der Waals surface area (Å²) in [4.78, 5) is 0. The Kier molecular flexibility index (Phi) is 13.6. The molecule has 0 spiro atoms. The molecule has 1 unspecified atom stereocenters. The first-order valence-electron chi connectivity index (χ1n) is 5.95. The van der Waals surface area contributed by atoms with Crippen LogP contribution in [0.2, 0.25) is 0 Å². The molecule has 0 saturated carbocycles. The Bertz CT molecular complexity index is 144. The van der Waals surface area contributed by atoms with Crippen LogP contribution in [0.15, 0.2) is 0 Å². The van der Waals surface area contributed by atoms with Crippen LogP contribution in [0.4, 0.5) is 0 Å². The van der Waals surface area contributed by atoms with Crippen LogP contribution in [0.25, 0.3) is 0 Å². The van der Waals surface area contributed by atoms with Crippen LogP contribution >= 0.6 is 0 Å². The maximum absolute atomic E-state index is 9.25. The van der Waals surface area contributed by atoms with Crippen LogP contribution in [-0.4, -0.2) is 69.4 Å². The summed E-state index contributed by atoms with van der Waals surface area (Å²) in [6.07, 6.45) is 0.0106. The number of hydrogen-bond acceptors (Lipinski definition) is 6. The van der Waals surface area contributed by atoms with Gasteiger partial charge in [-0.25, -0.2) is 0 Å². The van der Waals surface area contributed by atoms with Gasteiger partial charge in [0.2, 0.25) is 0 Å². The van der Waals surface area contributed by atoms with Crippen molar-refractivity contribution in [3.05, 3.63) is 0 Å². The second-order valence-corrected chi connectivity index (χ2v) is 3.35. The zero-order valence-corrected chi connectivity index (χ0v) is 10.5. The van der Waals surface area contributed by atoms with Crippen LogP contribution < -0.4 is 0 Å². The van der Waals surface area contributed by atoms with Crippen molar-refractivity contribution in [2.75, 3.05) is 52.9 Å². The van der Waals surface area contributed by atoms with Crippen LogP contribution in [0.3, 0.4) is 0 Å². The number of aliphatic hydroxyl groups is 2. The summed E-state index contributed by atoms with van der Waals surface area (Å²) in [5.74, 6) is 0. The summed E-state index contributed by atoms with van der Waals surface area (Å²) < 4.78 is 20.3. The lowest BCUT2D eigenvalue weighted by Crippen LogP contribution is -2.21. The van der Waals surface area contributed by atoms with E-state index in [9.17, 15) is 5.11 Å². The van der Waals surface area contributed by atoms with E-state index in [1.54, 1.807) is 0 Å². The molecule has 2 N–H and O–H groups in total. The molecule has 0 heterocycles. The first kappa shape index (κ1) is 16.8. The molecule has 6 nitrogen and oxygen atoms in total. The summed E-state index contributed by atoms with van der Waals surface area (Å²) in [5.41, 5.74) is 0. The van der Waals surface area contributed by atoms with E-state index in [0.717, 1.165) is 6.42 Å². The molecular weight excluding hydrogens is 228 g/mol. The van der Waals surface area contributed by atoms with Crippen molar-refractivity contribution < 1.29 is 29.2 Å². The van der Waals surface area contributed by atoms with E-state index in [0.29, 0.717) is 39.6 Å². The zero-order valence-electron chi connectivity index (χ0n) is 10.5. The Balaban J connectivity index is 3.02. The maximum Gasteiger partial charge on any atom is 0.178 e. The van der Waals surface area contributed by atoms with E-state index in [2.05, 4.69) is 0 Å². The molecule has 6 heteroatoms. The van der Waals surface area contributed by atoms with Gasteiger partial charge in [0.25, 0.3) is 0 Å². The van der Waals surface area contributed by atoms with Crippen LogP contribution in [0.5, 0.6) is 0 Å². The van der Waals surface area contributed by atoms with Gasteiger partial charge in [-0.05, 0) is 6.42 Å². The summed E-state index contributed by atoms with van der Waals surface area (Å²) in [7, 11) is 0. The highest BCUT2D eigenvalue weighted by atomic mass is 16.6. The minimum Gasteiger partial charge on any atom is -0.394 e. The van der Waals surface area contributed by atoms with Crippen LogP contribution in [0.1, 0.15) is 13.3 Å². The maximum atomic E-state index is 9.25. The lowest BCUT2D eigenvalue weighted by molar-refractivity contribution is -0.140. The minimum absolute atomic E-state index is 0.0265. The fraction of sp³-hybridized carbons (Fsp3) is 1.00. The molecule has 0 aliphatic heterocycles. The molecule has 0 amide bonds. The molecule has 1 atom stereocenters. The molecule has 0 aliphatic rings. The number of aliphatic hydroxyl groups excluding tert-OH is 2. The third kappa shape index (κ3) is 13.7. The van der Waals surface area contributed by atoms with Crippen molar-refractivity contribution in [1.82, 2.24) is 0 Å². The molecule has 0 aromatic heterocycles. The molecule has 0 aromatic rings. The van der Waals surface area contributed by atoms with E-state index >= 15 is 0 Å². The largest absolute Gasteiger partial charge is 0.394 e. The Labute approximate surface area is 102 Å². The predicted octanol–water partition coefficient (Wildman–Crippen LogP) is -0.226. The van der Waals surface area contributed by atoms with E-state index in [4.69, 9.17) is 24.1 Å². The second kappa shape index (κ2) is 13.8. The highest BCUT2D eigenvalue weighted by Crippen LogP contribution is 1.91. The van der Waals surface area contributed by atoms with E-state index in [1.165, 1.54) is 0 Å². The summed E-state index contributed by atoms with van der Waals surface area (Å²) in [6, 6.07) is 0. The van der Waals surface area contributed by atoms with Crippen LogP contribution in [0, 0.1) is 0 Å². The molecule has 0 saturated heterocycles. The summed E-state index contributed by atoms with van der Waals surface area (Å²) in [6.45, 7) is 4.81. The van der Waals surface area contributed by atoms with Crippen molar-refractivity contribution >= 4 is 0 Å². The zero-order chi connectivity index (χ0) is 12.8. The molecular formula is C11H24O6. The van der Waals surface area contributed by atoms with Crippen molar-refractivity contribution in [1.29, 1.82) is 0 Å². The second-order valence-electron chi connectivity index (χ2n) is 3.35. The number of ether oxygens (including phenoxy) is 4. The normalized spacial score (nSPS) is 12.9. The van der Waals surface area contributed by atoms with Gasteiger partial charge in [0.15, 0.2) is 6.29 Å². The standard InChI is InChI=1S/C11H24O6/c1-2-4-17-11(13)10-16-9-8-15-7-6-14-5-3-12/h11-13H,2-10H2,1H3. The SMILES string of the molecule is CCCOC(O)COCCOCCOCCO. The van der Waals surface area contributed by atoms with E-state index in [-0.39, 0.29) is 13.2 Å². The molecule has 104 valence electrons. The lowest BCUT2D eigenvalue weighted by Gasteiger charge is -2.11. The van der Waals surface area contributed by atoms with Gasteiger partial charge in [-0.2, -0.15) is 0 Å². The smallest absolute Gasteiger partial charge is 0.178 e. The lowest BCUT2D eigenvalue weighted by atomic mass is 10.5. The van der Waals surface area contributed by atoms with Gasteiger partial charge >= 0.3 is 0 Å². The van der Waals surface area contributed by atoms with Crippen molar-refractivity contribution in [3.8, 4) is 0 Å². The van der Waals surface area contributed by atoms with Gasteiger partial charge in [0, 0.05) is 6.61 Å². The minimum atomic E-state index is -0.858. The fourth-order valence-electron chi connectivity index (χ4n) is 0.991. The first-order valence-corrected chi connectivity index (χ1v) is 5.95. The van der Waals surface area contributed by atoms with Crippen LogP contribution in [-0.2, 0) is 18.9 Å². The summed E-state index contributed by atoms with van der Waals surface area (Å²) >= 11 is 0. The molecule has 0 rings (SSSR count). The molecule has 0 fully saturated rings. The Morgan fingerprint density at radius 2 is 1.47 bits per heavy atom. The predicted molar refractivity (Wildman–Crippen MR) is 61.8 cm³/mol. The van der Waals surface area contributed by atoms with E-state index < -0.39 is 6.29 Å². The van der Waals surface area contributed by atoms with Gasteiger partial charge in [0.1, 0.15) is 0 Å². The number of hydrogen-bond donors (Lipinski definition) is 2. The van der Waals surface area contributed by atoms with Crippen molar-refractivity contribution in [2.45, 2.75) is 19.6 Å². The van der Waals surface area contributed by atoms with Crippen molar-refractivity contribution in [3.63, 3.8) is 0 Å². The molecule has 0 bridgehead atoms. The van der Waals surface area contributed by atoms with Gasteiger partial charge in [-0.1, -0.05) is 6.92 Å². The molecule has 0 aliphatic carbocycles. The monoisotopic (exact) mass is 252 g/mol. The molecule has 0 aromatic carbocycles. The highest BCUT2D eigenvalue weighted by Gasteiger charge is 2.02. The van der Waals surface area contributed by atoms with Crippen molar-refractivity contribution in [2.24, 2.45) is 0 Å². The third-order valence-electron chi connectivity index (χ3n) is 1.75. The average Bonchev–Trinajstić information content (AvgIpc) is 2.34. The number of rotatable bonds is 13. The molecule has 0 radical (unpaired) electrons. The average molecular weight is 252 g/mol. The van der Waals surface area contributed by atoms with Gasteiger partial charge in [-0.3, -0.25) is 0 Å². The summed E-state index contributed by atoms with van der Waals surface area (Å²) in [5, 5.41) is 17.7. The Morgan fingerprint density at radius 3 is 2.06 bits per heavy atom.